The predicted octanol–water partition coefficient (Wildman–Crippen LogP) is 4.83. The SMILES string of the molecule is Cc1ccc(OCCNc2ccccc2OCC(C)C)c(C)c1. The molecule has 2 aromatic carbocycles. The van der Waals surface area contributed by atoms with Gasteiger partial charge in [-0.2, -0.15) is 0 Å². The third kappa shape index (κ3) is 5.51. The summed E-state index contributed by atoms with van der Waals surface area (Å²) in [6, 6.07) is 14.3. The number of hydrogen-bond acceptors (Lipinski definition) is 3. The standard InChI is InChI=1S/C20H27NO2/c1-15(2)14-23-20-8-6-5-7-18(20)21-11-12-22-19-10-9-16(3)13-17(19)4/h5-10,13,15,21H,11-12,14H2,1-4H3. The van der Waals surface area contributed by atoms with Gasteiger partial charge >= 0.3 is 0 Å². The first-order valence-corrected chi connectivity index (χ1v) is 8.22. The molecule has 0 heterocycles. The van der Waals surface area contributed by atoms with Crippen molar-refractivity contribution in [3.63, 3.8) is 0 Å². The normalized spacial score (nSPS) is 10.7. The second kappa shape index (κ2) is 8.47. The minimum Gasteiger partial charge on any atom is -0.491 e. The number of anilines is 1. The number of rotatable bonds is 8. The molecular formula is C20H27NO2. The largest absolute Gasteiger partial charge is 0.491 e. The lowest BCUT2D eigenvalue weighted by atomic mass is 10.1. The molecule has 124 valence electrons. The van der Waals surface area contributed by atoms with Crippen LogP contribution in [0.2, 0.25) is 0 Å². The Labute approximate surface area is 139 Å². The van der Waals surface area contributed by atoms with Crippen molar-refractivity contribution in [1.82, 2.24) is 0 Å². The maximum Gasteiger partial charge on any atom is 0.142 e. The number of ether oxygens (including phenoxy) is 2. The number of aryl methyl sites for hydroxylation is 2. The molecule has 0 saturated carbocycles. The maximum absolute atomic E-state index is 5.85. The van der Waals surface area contributed by atoms with Crippen LogP contribution in [0.4, 0.5) is 5.69 Å². The van der Waals surface area contributed by atoms with Crippen LogP contribution < -0.4 is 14.8 Å². The molecule has 3 heteroatoms. The highest BCUT2D eigenvalue weighted by molar-refractivity contribution is 5.56. The second-order valence-corrected chi connectivity index (χ2v) is 6.25. The molecule has 0 aliphatic heterocycles. The fourth-order valence-corrected chi connectivity index (χ4v) is 2.30. The number of para-hydroxylation sites is 2. The van der Waals surface area contributed by atoms with E-state index in [-0.39, 0.29) is 0 Å². The van der Waals surface area contributed by atoms with Crippen LogP contribution in [0.25, 0.3) is 0 Å². The number of nitrogens with one attached hydrogen (secondary N) is 1. The molecule has 3 nitrogen and oxygen atoms in total. The third-order valence-electron chi connectivity index (χ3n) is 3.46. The summed E-state index contributed by atoms with van der Waals surface area (Å²) in [4.78, 5) is 0. The number of hydrogen-bond donors (Lipinski definition) is 1. The summed E-state index contributed by atoms with van der Waals surface area (Å²) < 4.78 is 11.7. The summed E-state index contributed by atoms with van der Waals surface area (Å²) in [5.41, 5.74) is 3.44. The van der Waals surface area contributed by atoms with Gasteiger partial charge in [0.2, 0.25) is 0 Å². The summed E-state index contributed by atoms with van der Waals surface area (Å²) in [7, 11) is 0. The van der Waals surface area contributed by atoms with Crippen molar-refractivity contribution in [2.45, 2.75) is 27.7 Å². The highest BCUT2D eigenvalue weighted by atomic mass is 16.5. The van der Waals surface area contributed by atoms with E-state index in [2.05, 4.69) is 45.1 Å². The lowest BCUT2D eigenvalue weighted by Gasteiger charge is -2.15. The van der Waals surface area contributed by atoms with E-state index in [0.717, 1.165) is 30.3 Å². The van der Waals surface area contributed by atoms with Gasteiger partial charge in [0.05, 0.1) is 12.3 Å². The van der Waals surface area contributed by atoms with Gasteiger partial charge in [0, 0.05) is 6.54 Å². The van der Waals surface area contributed by atoms with Crippen molar-refractivity contribution < 1.29 is 9.47 Å². The first kappa shape index (κ1) is 17.2. The van der Waals surface area contributed by atoms with E-state index in [1.54, 1.807) is 0 Å². The van der Waals surface area contributed by atoms with E-state index in [0.29, 0.717) is 12.5 Å². The molecule has 0 fully saturated rings. The Bertz CT molecular complexity index is 623. The van der Waals surface area contributed by atoms with Crippen LogP contribution in [0, 0.1) is 19.8 Å². The van der Waals surface area contributed by atoms with Crippen LogP contribution in [-0.2, 0) is 0 Å². The molecular weight excluding hydrogens is 286 g/mol. The van der Waals surface area contributed by atoms with Gasteiger partial charge in [-0.3, -0.25) is 0 Å². The fourth-order valence-electron chi connectivity index (χ4n) is 2.30. The van der Waals surface area contributed by atoms with Gasteiger partial charge in [0.1, 0.15) is 18.1 Å². The zero-order valence-electron chi connectivity index (χ0n) is 14.6. The summed E-state index contributed by atoms with van der Waals surface area (Å²) in [6.45, 7) is 10.5. The molecule has 23 heavy (non-hydrogen) atoms. The van der Waals surface area contributed by atoms with Crippen molar-refractivity contribution in [3.8, 4) is 11.5 Å². The van der Waals surface area contributed by atoms with Crippen LogP contribution in [0.3, 0.4) is 0 Å². The van der Waals surface area contributed by atoms with Crippen LogP contribution in [0.15, 0.2) is 42.5 Å². The van der Waals surface area contributed by atoms with E-state index < -0.39 is 0 Å². The van der Waals surface area contributed by atoms with Crippen molar-refractivity contribution in [2.75, 3.05) is 25.1 Å². The molecule has 0 radical (unpaired) electrons. The highest BCUT2D eigenvalue weighted by Crippen LogP contribution is 2.24. The molecule has 0 aliphatic carbocycles. The van der Waals surface area contributed by atoms with E-state index >= 15 is 0 Å². The van der Waals surface area contributed by atoms with Gasteiger partial charge < -0.3 is 14.8 Å². The van der Waals surface area contributed by atoms with Gasteiger partial charge in [0.15, 0.2) is 0 Å². The summed E-state index contributed by atoms with van der Waals surface area (Å²) in [5.74, 6) is 2.35. The smallest absolute Gasteiger partial charge is 0.142 e. The minimum absolute atomic E-state index is 0.510. The highest BCUT2D eigenvalue weighted by Gasteiger charge is 2.04. The van der Waals surface area contributed by atoms with Gasteiger partial charge in [0.25, 0.3) is 0 Å². The molecule has 2 rings (SSSR count). The average Bonchev–Trinajstić information content (AvgIpc) is 2.52. The molecule has 0 bridgehead atoms. The van der Waals surface area contributed by atoms with E-state index in [9.17, 15) is 0 Å². The maximum atomic E-state index is 5.85. The molecule has 0 unspecified atom stereocenters. The van der Waals surface area contributed by atoms with Crippen molar-refractivity contribution in [2.24, 2.45) is 5.92 Å². The summed E-state index contributed by atoms with van der Waals surface area (Å²) >= 11 is 0. The first-order chi connectivity index (χ1) is 11.1. The van der Waals surface area contributed by atoms with Gasteiger partial charge in [-0.1, -0.05) is 43.7 Å². The lowest BCUT2D eigenvalue weighted by Crippen LogP contribution is -2.13. The van der Waals surface area contributed by atoms with Crippen molar-refractivity contribution in [3.05, 3.63) is 53.6 Å². The Balaban J connectivity index is 1.84. The Hall–Kier alpha value is -2.16. The molecule has 0 amide bonds. The molecule has 0 aromatic heterocycles. The predicted molar refractivity (Wildman–Crippen MR) is 96.7 cm³/mol. The van der Waals surface area contributed by atoms with Gasteiger partial charge in [-0.25, -0.2) is 0 Å². The Morgan fingerprint density at radius 1 is 0.957 bits per heavy atom. The topological polar surface area (TPSA) is 30.5 Å². The number of benzene rings is 2. The minimum atomic E-state index is 0.510. The average molecular weight is 313 g/mol. The van der Waals surface area contributed by atoms with Crippen molar-refractivity contribution >= 4 is 5.69 Å². The summed E-state index contributed by atoms with van der Waals surface area (Å²) in [5, 5.41) is 3.39. The quantitative estimate of drug-likeness (QED) is 0.708. The Morgan fingerprint density at radius 3 is 2.48 bits per heavy atom. The van der Waals surface area contributed by atoms with E-state index in [1.807, 2.05) is 30.3 Å². The molecule has 0 spiro atoms. The molecule has 1 N–H and O–H groups in total. The zero-order chi connectivity index (χ0) is 16.7. The first-order valence-electron chi connectivity index (χ1n) is 8.22. The Morgan fingerprint density at radius 2 is 1.74 bits per heavy atom. The van der Waals surface area contributed by atoms with Crippen molar-refractivity contribution in [1.29, 1.82) is 0 Å². The van der Waals surface area contributed by atoms with E-state index in [1.165, 1.54) is 11.1 Å². The third-order valence-corrected chi connectivity index (χ3v) is 3.46. The van der Waals surface area contributed by atoms with Gasteiger partial charge in [-0.15, -0.1) is 0 Å². The summed E-state index contributed by atoms with van der Waals surface area (Å²) in [6.07, 6.45) is 0. The molecule has 0 saturated heterocycles. The molecule has 2 aromatic rings. The monoisotopic (exact) mass is 313 g/mol. The Kier molecular flexibility index (Phi) is 6.33. The van der Waals surface area contributed by atoms with Crippen LogP contribution in [0.5, 0.6) is 11.5 Å². The lowest BCUT2D eigenvalue weighted by molar-refractivity contribution is 0.272. The van der Waals surface area contributed by atoms with Crippen LogP contribution in [0.1, 0.15) is 25.0 Å². The fraction of sp³-hybridized carbons (Fsp3) is 0.400. The molecule has 0 atom stereocenters. The van der Waals surface area contributed by atoms with Gasteiger partial charge in [-0.05, 0) is 43.5 Å². The zero-order valence-corrected chi connectivity index (χ0v) is 14.6. The van der Waals surface area contributed by atoms with E-state index in [4.69, 9.17) is 9.47 Å². The second-order valence-electron chi connectivity index (χ2n) is 6.25. The van der Waals surface area contributed by atoms with Crippen LogP contribution in [-0.4, -0.2) is 19.8 Å². The van der Waals surface area contributed by atoms with Crippen LogP contribution >= 0.6 is 0 Å². The molecule has 0 aliphatic rings.